The minimum Gasteiger partial charge on any atom is -0.493 e. The Kier molecular flexibility index (Phi) is 7.84. The first kappa shape index (κ1) is 25.0. The molecule has 2 atom stereocenters. The van der Waals surface area contributed by atoms with Crippen molar-refractivity contribution >= 4 is 22.7 Å². The van der Waals surface area contributed by atoms with E-state index in [9.17, 15) is 14.0 Å². The molecule has 2 fully saturated rings. The summed E-state index contributed by atoms with van der Waals surface area (Å²) in [4.78, 5) is 28.9. The summed E-state index contributed by atoms with van der Waals surface area (Å²) in [6.07, 6.45) is 0.694. The summed E-state index contributed by atoms with van der Waals surface area (Å²) in [5.41, 5.74) is 1.20. The van der Waals surface area contributed by atoms with Crippen molar-refractivity contribution in [3.8, 4) is 5.75 Å². The molecule has 0 radical (unpaired) electrons. The fourth-order valence-electron chi connectivity index (χ4n) is 5.29. The summed E-state index contributed by atoms with van der Waals surface area (Å²) in [6, 6.07) is 20.9. The van der Waals surface area contributed by atoms with Crippen molar-refractivity contribution in [2.45, 2.75) is 13.0 Å². The van der Waals surface area contributed by atoms with E-state index in [0.717, 1.165) is 13.1 Å². The number of hydrogen-bond acceptors (Lipinski definition) is 4. The molecular weight excluding hydrogens is 471 g/mol. The number of fused-ring (bicyclic) bond motifs is 1. The van der Waals surface area contributed by atoms with E-state index in [1.807, 2.05) is 12.1 Å². The normalized spacial score (nSPS) is 20.1. The number of urea groups is 1. The molecular formula is C29H33FN4O3. The summed E-state index contributed by atoms with van der Waals surface area (Å²) in [7, 11) is 0. The number of rotatable bonds is 9. The maximum atomic E-state index is 13.6. The smallest absolute Gasteiger partial charge is 0.317 e. The van der Waals surface area contributed by atoms with Gasteiger partial charge in [-0.3, -0.25) is 9.69 Å². The largest absolute Gasteiger partial charge is 0.493 e. The lowest BCUT2D eigenvalue weighted by Gasteiger charge is -2.37. The molecule has 194 valence electrons. The number of benzene rings is 3. The van der Waals surface area contributed by atoms with Crippen LogP contribution in [0.1, 0.15) is 12.0 Å². The van der Waals surface area contributed by atoms with Crippen molar-refractivity contribution in [3.63, 3.8) is 0 Å². The van der Waals surface area contributed by atoms with Gasteiger partial charge in [0.1, 0.15) is 11.6 Å². The van der Waals surface area contributed by atoms with Gasteiger partial charge in [-0.15, -0.1) is 0 Å². The van der Waals surface area contributed by atoms with Gasteiger partial charge in [-0.1, -0.05) is 42.5 Å². The third-order valence-electron chi connectivity index (χ3n) is 7.11. The van der Waals surface area contributed by atoms with Crippen molar-refractivity contribution in [2.75, 3.05) is 45.9 Å². The van der Waals surface area contributed by atoms with Crippen molar-refractivity contribution in [1.82, 2.24) is 20.4 Å². The summed E-state index contributed by atoms with van der Waals surface area (Å²) in [5.74, 6) is 0.0958. The molecule has 5 rings (SSSR count). The molecule has 0 spiro atoms. The van der Waals surface area contributed by atoms with E-state index >= 15 is 0 Å². The van der Waals surface area contributed by atoms with Gasteiger partial charge in [-0.05, 0) is 41.0 Å². The molecule has 7 nitrogen and oxygen atoms in total. The Labute approximate surface area is 216 Å². The highest BCUT2D eigenvalue weighted by atomic mass is 19.1. The molecule has 2 aliphatic rings. The van der Waals surface area contributed by atoms with Gasteiger partial charge in [-0.25, -0.2) is 9.18 Å². The quantitative estimate of drug-likeness (QED) is 0.467. The number of nitrogens with one attached hydrogen (secondary N) is 2. The van der Waals surface area contributed by atoms with E-state index in [4.69, 9.17) is 4.74 Å². The molecule has 0 saturated carbocycles. The molecule has 3 amide bonds. The van der Waals surface area contributed by atoms with Crippen LogP contribution in [0.5, 0.6) is 5.75 Å². The highest BCUT2D eigenvalue weighted by Gasteiger charge is 2.32. The number of amides is 3. The minimum absolute atomic E-state index is 0.00132. The summed E-state index contributed by atoms with van der Waals surface area (Å²) < 4.78 is 19.5. The van der Waals surface area contributed by atoms with Gasteiger partial charge in [-0.2, -0.15) is 0 Å². The monoisotopic (exact) mass is 504 g/mol. The zero-order valence-electron chi connectivity index (χ0n) is 20.9. The maximum absolute atomic E-state index is 13.6. The predicted molar refractivity (Wildman–Crippen MR) is 141 cm³/mol. The Balaban J connectivity index is 1.24. The van der Waals surface area contributed by atoms with Crippen LogP contribution >= 0.6 is 0 Å². The molecule has 2 saturated heterocycles. The molecule has 0 bridgehead atoms. The zero-order valence-corrected chi connectivity index (χ0v) is 20.9. The van der Waals surface area contributed by atoms with Gasteiger partial charge in [0, 0.05) is 57.8 Å². The second-order valence-corrected chi connectivity index (χ2v) is 9.95. The summed E-state index contributed by atoms with van der Waals surface area (Å²) in [5, 5.41) is 8.21. The number of nitrogens with zero attached hydrogens (tertiary/aromatic N) is 2. The second-order valence-electron chi connectivity index (χ2n) is 9.95. The predicted octanol–water partition coefficient (Wildman–Crippen LogP) is 3.64. The van der Waals surface area contributed by atoms with Crippen LogP contribution in [0.2, 0.25) is 0 Å². The van der Waals surface area contributed by atoms with Crippen molar-refractivity contribution in [2.24, 2.45) is 11.8 Å². The molecule has 0 unspecified atom stereocenters. The third-order valence-corrected chi connectivity index (χ3v) is 7.11. The van der Waals surface area contributed by atoms with E-state index < -0.39 is 0 Å². The van der Waals surface area contributed by atoms with Crippen molar-refractivity contribution < 1.29 is 18.7 Å². The lowest BCUT2D eigenvalue weighted by atomic mass is 9.88. The first-order valence-corrected chi connectivity index (χ1v) is 12.9. The first-order chi connectivity index (χ1) is 18.0. The van der Waals surface area contributed by atoms with E-state index in [1.54, 1.807) is 17.0 Å². The fourth-order valence-corrected chi connectivity index (χ4v) is 5.29. The van der Waals surface area contributed by atoms with Gasteiger partial charge < -0.3 is 20.3 Å². The molecule has 0 aliphatic carbocycles. The Morgan fingerprint density at radius 1 is 1.05 bits per heavy atom. The number of ether oxygens (including phenoxy) is 1. The van der Waals surface area contributed by atoms with Crippen LogP contribution in [0.25, 0.3) is 10.8 Å². The van der Waals surface area contributed by atoms with Crippen LogP contribution in [-0.4, -0.2) is 67.6 Å². The highest BCUT2D eigenvalue weighted by molar-refractivity contribution is 5.83. The van der Waals surface area contributed by atoms with E-state index in [2.05, 4.69) is 45.9 Å². The number of piperidine rings is 1. The number of halogens is 1. The van der Waals surface area contributed by atoms with E-state index in [1.165, 1.54) is 28.5 Å². The Morgan fingerprint density at radius 3 is 2.73 bits per heavy atom. The molecule has 3 aromatic carbocycles. The number of carbonyl (C=O) groups is 2. The van der Waals surface area contributed by atoms with Crippen molar-refractivity contribution in [1.29, 1.82) is 0 Å². The third kappa shape index (κ3) is 6.57. The lowest BCUT2D eigenvalue weighted by Crippen LogP contribution is -2.48. The van der Waals surface area contributed by atoms with E-state index in [-0.39, 0.29) is 29.6 Å². The first-order valence-electron chi connectivity index (χ1n) is 12.9. The van der Waals surface area contributed by atoms with Crippen LogP contribution in [0.4, 0.5) is 9.18 Å². The molecule has 8 heteroatoms. The second kappa shape index (κ2) is 11.6. The fraction of sp³-hybridized carbons (Fsp3) is 0.379. The average molecular weight is 505 g/mol. The molecule has 2 heterocycles. The van der Waals surface area contributed by atoms with Gasteiger partial charge in [0.2, 0.25) is 5.91 Å². The Morgan fingerprint density at radius 2 is 1.92 bits per heavy atom. The summed E-state index contributed by atoms with van der Waals surface area (Å²) >= 11 is 0. The highest BCUT2D eigenvalue weighted by Crippen LogP contribution is 2.26. The standard InChI is InChI=1S/C29H33FN4O3/c30-26-6-3-7-27(16-26)37-20-22-15-25(28(35)31-10-12-34-13-11-32-29(34)36)19-33(18-22)17-21-8-9-23-4-1-2-5-24(23)14-21/h1-9,14,16,22,25H,10-13,15,17-20H2,(H,31,35)(H,32,36)/t22-,25+/m0/s1. The maximum Gasteiger partial charge on any atom is 0.317 e. The SMILES string of the molecule is O=C(NCCN1CCNC1=O)[C@@H]1C[C@H](COc2cccc(F)c2)CN(Cc2ccc3ccccc3c2)C1. The lowest BCUT2D eigenvalue weighted by molar-refractivity contribution is -0.127. The van der Waals surface area contributed by atoms with Crippen LogP contribution in [0, 0.1) is 17.7 Å². The van der Waals surface area contributed by atoms with Crippen LogP contribution in [-0.2, 0) is 11.3 Å². The topological polar surface area (TPSA) is 73.9 Å². The number of hydrogen-bond donors (Lipinski definition) is 2. The molecule has 0 aromatic heterocycles. The summed E-state index contributed by atoms with van der Waals surface area (Å²) in [6.45, 7) is 4.83. The van der Waals surface area contributed by atoms with Crippen LogP contribution < -0.4 is 15.4 Å². The van der Waals surface area contributed by atoms with Crippen molar-refractivity contribution in [3.05, 3.63) is 78.1 Å². The van der Waals surface area contributed by atoms with Crippen LogP contribution in [0.15, 0.2) is 66.7 Å². The van der Waals surface area contributed by atoms with Gasteiger partial charge in [0.25, 0.3) is 0 Å². The Hall–Kier alpha value is -3.65. The van der Waals surface area contributed by atoms with Gasteiger partial charge in [0.05, 0.1) is 12.5 Å². The van der Waals surface area contributed by atoms with E-state index in [0.29, 0.717) is 51.5 Å². The van der Waals surface area contributed by atoms with Crippen LogP contribution in [0.3, 0.4) is 0 Å². The molecule has 37 heavy (non-hydrogen) atoms. The van der Waals surface area contributed by atoms with Gasteiger partial charge >= 0.3 is 6.03 Å². The molecule has 3 aromatic rings. The average Bonchev–Trinajstić information content (AvgIpc) is 3.31. The minimum atomic E-state index is -0.331. The Bertz CT molecular complexity index is 1250. The zero-order chi connectivity index (χ0) is 25.6. The molecule has 2 N–H and O–H groups in total. The molecule has 2 aliphatic heterocycles. The number of likely N-dealkylation sites (tertiary alicyclic amines) is 1. The van der Waals surface area contributed by atoms with Gasteiger partial charge in [0.15, 0.2) is 0 Å². The number of carbonyl (C=O) groups excluding carboxylic acids is 2.